The molecule has 1 heterocycles. The van der Waals surface area contributed by atoms with Crippen molar-refractivity contribution in [3.05, 3.63) is 67.0 Å². The lowest BCUT2D eigenvalue weighted by Gasteiger charge is -2.13. The van der Waals surface area contributed by atoms with E-state index in [1.807, 2.05) is 0 Å². The van der Waals surface area contributed by atoms with Crippen molar-refractivity contribution in [2.24, 2.45) is 0 Å². The predicted molar refractivity (Wildman–Crippen MR) is 73.4 cm³/mol. The minimum absolute atomic E-state index is 0.107. The van der Waals surface area contributed by atoms with Crippen molar-refractivity contribution in [2.75, 3.05) is 0 Å². The Labute approximate surface area is 119 Å². The number of halogens is 3. The van der Waals surface area contributed by atoms with Crippen molar-refractivity contribution in [3.8, 4) is 11.1 Å². The number of aromatic nitrogens is 2. The Hall–Kier alpha value is -2.43. The first kappa shape index (κ1) is 13.5. The molecule has 21 heavy (non-hydrogen) atoms. The molecule has 2 radical (unpaired) electrons. The Bertz CT molecular complexity index is 810. The van der Waals surface area contributed by atoms with Crippen LogP contribution in [0, 0.1) is 6.92 Å². The van der Waals surface area contributed by atoms with E-state index in [1.54, 1.807) is 24.3 Å². The number of fused-ring (bicyclic) bond motifs is 1. The molecular formula is C16H9F3N2. The van der Waals surface area contributed by atoms with Gasteiger partial charge in [-0.1, -0.05) is 24.3 Å². The SMILES string of the molecule is [CH]c1ncnc2ccc(-c3ccccc3C(F)(F)F)cc12. The van der Waals surface area contributed by atoms with Gasteiger partial charge in [0.25, 0.3) is 0 Å². The molecule has 0 aliphatic heterocycles. The van der Waals surface area contributed by atoms with E-state index >= 15 is 0 Å². The fourth-order valence-electron chi connectivity index (χ4n) is 2.23. The zero-order valence-corrected chi connectivity index (χ0v) is 10.7. The van der Waals surface area contributed by atoms with Crippen molar-refractivity contribution in [1.29, 1.82) is 0 Å². The van der Waals surface area contributed by atoms with E-state index in [2.05, 4.69) is 9.97 Å². The zero-order chi connectivity index (χ0) is 15.0. The minimum Gasteiger partial charge on any atom is -0.240 e. The molecule has 5 heteroatoms. The van der Waals surface area contributed by atoms with Crippen molar-refractivity contribution in [3.63, 3.8) is 0 Å². The second kappa shape index (κ2) is 4.84. The van der Waals surface area contributed by atoms with Crippen molar-refractivity contribution < 1.29 is 13.2 Å². The van der Waals surface area contributed by atoms with Crippen LogP contribution in [0.4, 0.5) is 13.2 Å². The summed E-state index contributed by atoms with van der Waals surface area (Å²) in [4.78, 5) is 7.89. The first-order valence-electron chi connectivity index (χ1n) is 6.13. The van der Waals surface area contributed by atoms with Gasteiger partial charge in [-0.05, 0) is 29.3 Å². The van der Waals surface area contributed by atoms with Gasteiger partial charge in [-0.15, -0.1) is 0 Å². The first-order chi connectivity index (χ1) is 9.97. The lowest BCUT2D eigenvalue weighted by molar-refractivity contribution is -0.137. The van der Waals surface area contributed by atoms with Gasteiger partial charge in [0.2, 0.25) is 0 Å². The van der Waals surface area contributed by atoms with E-state index in [9.17, 15) is 13.2 Å². The summed E-state index contributed by atoms with van der Waals surface area (Å²) in [6.45, 7) is 5.75. The highest BCUT2D eigenvalue weighted by atomic mass is 19.4. The summed E-state index contributed by atoms with van der Waals surface area (Å²) in [6, 6.07) is 10.2. The number of rotatable bonds is 1. The van der Waals surface area contributed by atoms with Gasteiger partial charge in [0.15, 0.2) is 0 Å². The number of nitrogens with zero attached hydrogens (tertiary/aromatic N) is 2. The van der Waals surface area contributed by atoms with Crippen LogP contribution < -0.4 is 0 Å². The van der Waals surface area contributed by atoms with Crippen LogP contribution in [-0.2, 0) is 6.18 Å². The first-order valence-corrected chi connectivity index (χ1v) is 6.13. The summed E-state index contributed by atoms with van der Waals surface area (Å²) in [5, 5.41) is 0.534. The number of hydrogen-bond acceptors (Lipinski definition) is 2. The summed E-state index contributed by atoms with van der Waals surface area (Å²) in [5.74, 6) is 0. The summed E-state index contributed by atoms with van der Waals surface area (Å²) in [7, 11) is 0. The van der Waals surface area contributed by atoms with Gasteiger partial charge in [0, 0.05) is 12.3 Å². The molecule has 3 aromatic rings. The van der Waals surface area contributed by atoms with Crippen LogP contribution in [0.3, 0.4) is 0 Å². The quantitative estimate of drug-likeness (QED) is 0.663. The molecule has 0 saturated carbocycles. The molecule has 0 saturated heterocycles. The fraction of sp³-hybridized carbons (Fsp3) is 0.0625. The van der Waals surface area contributed by atoms with Crippen LogP contribution >= 0.6 is 0 Å². The third kappa shape index (κ3) is 2.46. The lowest BCUT2D eigenvalue weighted by Crippen LogP contribution is -2.06. The summed E-state index contributed by atoms with van der Waals surface area (Å²) >= 11 is 0. The number of alkyl halides is 3. The van der Waals surface area contributed by atoms with E-state index < -0.39 is 11.7 Å². The van der Waals surface area contributed by atoms with Crippen LogP contribution in [0.2, 0.25) is 0 Å². The lowest BCUT2D eigenvalue weighted by atomic mass is 9.97. The summed E-state index contributed by atoms with van der Waals surface area (Å²) < 4.78 is 39.2. The van der Waals surface area contributed by atoms with Crippen molar-refractivity contribution in [2.45, 2.75) is 6.18 Å². The Morgan fingerprint density at radius 2 is 1.71 bits per heavy atom. The topological polar surface area (TPSA) is 25.8 Å². The largest absolute Gasteiger partial charge is 0.417 e. The maximum absolute atomic E-state index is 13.1. The number of hydrogen-bond donors (Lipinski definition) is 0. The predicted octanol–water partition coefficient (Wildman–Crippen LogP) is 4.37. The Balaban J connectivity index is 2.24. The van der Waals surface area contributed by atoms with Crippen LogP contribution in [0.15, 0.2) is 48.8 Å². The minimum atomic E-state index is -4.41. The molecule has 0 atom stereocenters. The maximum Gasteiger partial charge on any atom is 0.417 e. The van der Waals surface area contributed by atoms with Crippen molar-refractivity contribution >= 4 is 10.9 Å². The van der Waals surface area contributed by atoms with E-state index in [4.69, 9.17) is 6.92 Å². The smallest absolute Gasteiger partial charge is 0.240 e. The van der Waals surface area contributed by atoms with Crippen molar-refractivity contribution in [1.82, 2.24) is 9.97 Å². The normalized spacial score (nSPS) is 11.8. The third-order valence-electron chi connectivity index (χ3n) is 3.21. The van der Waals surface area contributed by atoms with Gasteiger partial charge < -0.3 is 0 Å². The molecule has 0 fully saturated rings. The van der Waals surface area contributed by atoms with Crippen LogP contribution in [-0.4, -0.2) is 9.97 Å². The van der Waals surface area contributed by atoms with Crippen LogP contribution in [0.25, 0.3) is 22.0 Å². The van der Waals surface area contributed by atoms with Crippen LogP contribution in [0.5, 0.6) is 0 Å². The average Bonchev–Trinajstić information content (AvgIpc) is 2.46. The molecule has 0 N–H and O–H groups in total. The van der Waals surface area contributed by atoms with Gasteiger partial charge in [-0.25, -0.2) is 9.97 Å². The molecule has 0 spiro atoms. The third-order valence-corrected chi connectivity index (χ3v) is 3.21. The molecule has 104 valence electrons. The summed E-state index contributed by atoms with van der Waals surface area (Å²) in [6.07, 6.45) is -3.09. The number of benzene rings is 2. The molecule has 0 unspecified atom stereocenters. The Morgan fingerprint density at radius 1 is 0.952 bits per heavy atom. The second-order valence-corrected chi connectivity index (χ2v) is 4.53. The molecular weight excluding hydrogens is 277 g/mol. The molecule has 0 aliphatic carbocycles. The molecule has 0 aliphatic rings. The second-order valence-electron chi connectivity index (χ2n) is 4.53. The molecule has 2 aromatic carbocycles. The van der Waals surface area contributed by atoms with E-state index in [0.717, 1.165) is 6.07 Å². The molecule has 0 bridgehead atoms. The fourth-order valence-corrected chi connectivity index (χ4v) is 2.23. The Kier molecular flexibility index (Phi) is 3.12. The maximum atomic E-state index is 13.1. The standard InChI is InChI=1S/C16H9F3N2/c1-10-13-8-11(6-7-15(13)21-9-20-10)12-4-2-3-5-14(12)16(17,18)19/h1-9H. The molecule has 0 amide bonds. The van der Waals surface area contributed by atoms with Crippen LogP contribution in [0.1, 0.15) is 11.3 Å². The highest BCUT2D eigenvalue weighted by Crippen LogP contribution is 2.37. The average molecular weight is 286 g/mol. The zero-order valence-electron chi connectivity index (χ0n) is 10.7. The van der Waals surface area contributed by atoms with Gasteiger partial charge in [0.05, 0.1) is 16.8 Å². The Morgan fingerprint density at radius 3 is 2.48 bits per heavy atom. The van der Waals surface area contributed by atoms with E-state index in [-0.39, 0.29) is 11.3 Å². The van der Waals surface area contributed by atoms with E-state index in [0.29, 0.717) is 16.5 Å². The molecule has 3 rings (SSSR count). The molecule has 2 nitrogen and oxygen atoms in total. The van der Waals surface area contributed by atoms with Gasteiger partial charge in [-0.2, -0.15) is 13.2 Å². The highest BCUT2D eigenvalue weighted by molar-refractivity contribution is 5.87. The van der Waals surface area contributed by atoms with E-state index in [1.165, 1.54) is 18.5 Å². The molecule has 1 aromatic heterocycles. The van der Waals surface area contributed by atoms with Gasteiger partial charge >= 0.3 is 6.18 Å². The summed E-state index contributed by atoms with van der Waals surface area (Å²) in [5.41, 5.74) is 0.689. The highest BCUT2D eigenvalue weighted by Gasteiger charge is 2.33. The van der Waals surface area contributed by atoms with Gasteiger partial charge in [0.1, 0.15) is 6.33 Å². The monoisotopic (exact) mass is 286 g/mol. The van der Waals surface area contributed by atoms with Gasteiger partial charge in [-0.3, -0.25) is 0 Å².